The van der Waals surface area contributed by atoms with Gasteiger partial charge in [-0.05, 0) is 30.5 Å². The Balaban J connectivity index is 1.80. The van der Waals surface area contributed by atoms with Crippen LogP contribution in [0, 0.1) is 23.4 Å². The quantitative estimate of drug-likeness (QED) is 0.495. The molecule has 0 spiro atoms. The molecule has 4 aromatic rings. The molecular weight excluding hydrogens is 377 g/mol. The third kappa shape index (κ3) is 2.99. The normalized spacial score (nSPS) is 11.8. The molecule has 3 heterocycles. The molecule has 6 nitrogen and oxygen atoms in total. The van der Waals surface area contributed by atoms with Gasteiger partial charge in [-0.3, -0.25) is 4.68 Å². The lowest BCUT2D eigenvalue weighted by Crippen LogP contribution is -2.00. The average Bonchev–Trinajstić information content (AvgIpc) is 3.26. The predicted molar refractivity (Wildman–Crippen MR) is 94.7 cm³/mol. The Labute approximate surface area is 156 Å². The molecule has 0 amide bonds. The summed E-state index contributed by atoms with van der Waals surface area (Å²) in [5.41, 5.74) is 1.50. The summed E-state index contributed by atoms with van der Waals surface area (Å²) in [6, 6.07) is 3.94. The molecule has 0 aliphatic rings. The van der Waals surface area contributed by atoms with Crippen molar-refractivity contribution in [3.63, 3.8) is 0 Å². The van der Waals surface area contributed by atoms with Crippen LogP contribution in [0.4, 0.5) is 13.2 Å². The molecule has 0 N–H and O–H groups in total. The fraction of sp³-hybridized carbons (Fsp3) is 0.294. The number of rotatable bonds is 4. The molecule has 0 bridgehead atoms. The number of aromatic nitrogens is 6. The van der Waals surface area contributed by atoms with Crippen molar-refractivity contribution in [1.29, 1.82) is 0 Å². The Kier molecular flexibility index (Phi) is 4.22. The first-order valence-corrected chi connectivity index (χ1v) is 9.06. The van der Waals surface area contributed by atoms with E-state index in [1.807, 2.05) is 6.07 Å². The zero-order valence-corrected chi connectivity index (χ0v) is 15.6. The zero-order valence-electron chi connectivity index (χ0n) is 14.7. The van der Waals surface area contributed by atoms with Crippen LogP contribution in [0.1, 0.15) is 19.5 Å². The number of nitrogens with zero attached hydrogens (tertiary/aromatic N) is 6. The summed E-state index contributed by atoms with van der Waals surface area (Å²) in [6.45, 7) is 4.21. The van der Waals surface area contributed by atoms with Gasteiger partial charge in [0.2, 0.25) is 10.8 Å². The molecule has 27 heavy (non-hydrogen) atoms. The molecule has 3 aromatic heterocycles. The van der Waals surface area contributed by atoms with Crippen LogP contribution in [-0.2, 0) is 13.5 Å². The van der Waals surface area contributed by atoms with Gasteiger partial charge in [-0.2, -0.15) is 14.7 Å². The van der Waals surface area contributed by atoms with Crippen LogP contribution in [0.3, 0.4) is 0 Å². The first-order chi connectivity index (χ1) is 12.8. The molecule has 0 fully saturated rings. The Hall–Kier alpha value is -2.75. The number of hydrogen-bond acceptors (Lipinski definition) is 5. The van der Waals surface area contributed by atoms with Crippen LogP contribution in [0.25, 0.3) is 27.1 Å². The maximum absolute atomic E-state index is 14.1. The van der Waals surface area contributed by atoms with E-state index < -0.39 is 17.5 Å². The minimum absolute atomic E-state index is 0.124. The highest BCUT2D eigenvalue weighted by molar-refractivity contribution is 7.19. The molecular formula is C17H15F3N6S. The monoisotopic (exact) mass is 392 g/mol. The van der Waals surface area contributed by atoms with E-state index in [1.54, 1.807) is 11.7 Å². The second kappa shape index (κ2) is 6.45. The van der Waals surface area contributed by atoms with Crippen LogP contribution in [0.2, 0.25) is 0 Å². The zero-order chi connectivity index (χ0) is 19.3. The first kappa shape index (κ1) is 17.7. The lowest BCUT2D eigenvalue weighted by atomic mass is 10.1. The largest absolute Gasteiger partial charge is 0.264 e. The molecule has 0 aliphatic heterocycles. The number of hydrogen-bond donors (Lipinski definition) is 0. The second-order valence-corrected chi connectivity index (χ2v) is 7.55. The van der Waals surface area contributed by atoms with E-state index >= 15 is 0 Å². The SMILES string of the molecule is CC(C)Cc1cc(-c2nnc3sc(-c4ccc(F)c(F)c4F)nn23)n(C)n1. The van der Waals surface area contributed by atoms with Crippen molar-refractivity contribution < 1.29 is 13.2 Å². The van der Waals surface area contributed by atoms with Gasteiger partial charge in [-0.15, -0.1) is 10.2 Å². The van der Waals surface area contributed by atoms with Crippen molar-refractivity contribution in [2.75, 3.05) is 0 Å². The average molecular weight is 392 g/mol. The molecule has 10 heteroatoms. The van der Waals surface area contributed by atoms with Gasteiger partial charge in [0.1, 0.15) is 5.69 Å². The second-order valence-electron chi connectivity index (χ2n) is 6.59. The van der Waals surface area contributed by atoms with Gasteiger partial charge in [0, 0.05) is 7.05 Å². The Morgan fingerprint density at radius 1 is 1.07 bits per heavy atom. The number of halogens is 3. The van der Waals surface area contributed by atoms with Gasteiger partial charge < -0.3 is 0 Å². The first-order valence-electron chi connectivity index (χ1n) is 8.24. The molecule has 0 unspecified atom stereocenters. The summed E-state index contributed by atoms with van der Waals surface area (Å²) in [4.78, 5) is 0.413. The molecule has 0 atom stereocenters. The van der Waals surface area contributed by atoms with Gasteiger partial charge in [-0.1, -0.05) is 25.2 Å². The molecule has 0 saturated carbocycles. The Bertz CT molecular complexity index is 1140. The highest BCUT2D eigenvalue weighted by Crippen LogP contribution is 2.31. The van der Waals surface area contributed by atoms with Crippen LogP contribution in [0.5, 0.6) is 0 Å². The fourth-order valence-corrected chi connectivity index (χ4v) is 3.69. The Morgan fingerprint density at radius 3 is 2.59 bits per heavy atom. The molecule has 0 aliphatic carbocycles. The summed E-state index contributed by atoms with van der Waals surface area (Å²) in [5.74, 6) is -3.15. The molecule has 1 aromatic carbocycles. The summed E-state index contributed by atoms with van der Waals surface area (Å²) < 4.78 is 43.9. The van der Waals surface area contributed by atoms with Crippen LogP contribution in [0.15, 0.2) is 18.2 Å². The number of fused-ring (bicyclic) bond motifs is 1. The highest BCUT2D eigenvalue weighted by atomic mass is 32.1. The van der Waals surface area contributed by atoms with E-state index in [4.69, 9.17) is 0 Å². The summed E-state index contributed by atoms with van der Waals surface area (Å²) in [7, 11) is 1.79. The third-order valence-electron chi connectivity index (χ3n) is 4.03. The molecule has 140 valence electrons. The van der Waals surface area contributed by atoms with Crippen molar-refractivity contribution in [2.24, 2.45) is 13.0 Å². The van der Waals surface area contributed by atoms with Crippen molar-refractivity contribution in [3.05, 3.63) is 41.3 Å². The predicted octanol–water partition coefficient (Wildman–Crippen LogP) is 3.87. The van der Waals surface area contributed by atoms with Crippen molar-refractivity contribution in [1.82, 2.24) is 29.6 Å². The minimum Gasteiger partial charge on any atom is -0.264 e. The number of aryl methyl sites for hydroxylation is 1. The van der Waals surface area contributed by atoms with Gasteiger partial charge in [0.25, 0.3) is 0 Å². The lowest BCUT2D eigenvalue weighted by molar-refractivity contribution is 0.449. The summed E-state index contributed by atoms with van der Waals surface area (Å²) >= 11 is 1.04. The van der Waals surface area contributed by atoms with E-state index in [1.165, 1.54) is 4.52 Å². The van der Waals surface area contributed by atoms with Gasteiger partial charge >= 0.3 is 0 Å². The number of benzene rings is 1. The highest BCUT2D eigenvalue weighted by Gasteiger charge is 2.21. The minimum atomic E-state index is -1.52. The summed E-state index contributed by atoms with van der Waals surface area (Å²) in [5, 5.41) is 17.2. The Morgan fingerprint density at radius 2 is 1.85 bits per heavy atom. The van der Waals surface area contributed by atoms with E-state index in [-0.39, 0.29) is 10.6 Å². The molecule has 0 saturated heterocycles. The third-order valence-corrected chi connectivity index (χ3v) is 4.97. The van der Waals surface area contributed by atoms with Crippen molar-refractivity contribution in [3.8, 4) is 22.1 Å². The molecule has 4 rings (SSSR count). The van der Waals surface area contributed by atoms with Gasteiger partial charge in [-0.25, -0.2) is 13.2 Å². The van der Waals surface area contributed by atoms with E-state index in [0.717, 1.165) is 35.6 Å². The lowest BCUT2D eigenvalue weighted by Gasteiger charge is -2.00. The maximum Gasteiger partial charge on any atom is 0.235 e. The van der Waals surface area contributed by atoms with Crippen LogP contribution < -0.4 is 0 Å². The fourth-order valence-electron chi connectivity index (χ4n) is 2.83. The van der Waals surface area contributed by atoms with Crippen LogP contribution >= 0.6 is 11.3 Å². The topological polar surface area (TPSA) is 60.9 Å². The van der Waals surface area contributed by atoms with E-state index in [9.17, 15) is 13.2 Å². The van der Waals surface area contributed by atoms with Crippen molar-refractivity contribution >= 4 is 16.3 Å². The maximum atomic E-state index is 14.1. The van der Waals surface area contributed by atoms with Gasteiger partial charge in [0.05, 0.1) is 11.3 Å². The van der Waals surface area contributed by atoms with Crippen LogP contribution in [-0.4, -0.2) is 29.6 Å². The summed E-state index contributed by atoms with van der Waals surface area (Å²) in [6.07, 6.45) is 0.818. The van der Waals surface area contributed by atoms with Gasteiger partial charge in [0.15, 0.2) is 22.5 Å². The standard InChI is InChI=1S/C17H15F3N6S/c1-8(2)6-9-7-12(25(3)23-9)15-21-22-17-26(15)24-16(27-17)10-4-5-11(18)14(20)13(10)19/h4-5,7-8H,6H2,1-3H3. The molecule has 0 radical (unpaired) electrons. The van der Waals surface area contributed by atoms with E-state index in [2.05, 4.69) is 34.2 Å². The van der Waals surface area contributed by atoms with Crippen molar-refractivity contribution in [2.45, 2.75) is 20.3 Å². The smallest absolute Gasteiger partial charge is 0.235 e. The van der Waals surface area contributed by atoms with E-state index in [0.29, 0.717) is 22.4 Å².